The first-order valence-corrected chi connectivity index (χ1v) is 9.47. The Labute approximate surface area is 175 Å². The molecule has 0 bridgehead atoms. The molecule has 3 rings (SSSR count). The first-order chi connectivity index (χ1) is 13.0. The van der Waals surface area contributed by atoms with Gasteiger partial charge in [0.05, 0.1) is 5.56 Å². The minimum Gasteiger partial charge on any atom is -0.368 e. The second-order valence-corrected chi connectivity index (χ2v) is 8.37. The van der Waals surface area contributed by atoms with Crippen LogP contribution in [0.2, 0.25) is 0 Å². The van der Waals surface area contributed by atoms with Crippen molar-refractivity contribution in [1.29, 1.82) is 0 Å². The van der Waals surface area contributed by atoms with E-state index in [2.05, 4.69) is 49.9 Å². The smallest absolute Gasteiger partial charge is 0.368 e. The summed E-state index contributed by atoms with van der Waals surface area (Å²) in [6.07, 6.45) is -4.57. The number of nitrogens with zero attached hydrogens (tertiary/aromatic N) is 2. The molecule has 0 unspecified atom stereocenters. The van der Waals surface area contributed by atoms with Crippen LogP contribution in [0.1, 0.15) is 37.5 Å². The summed E-state index contributed by atoms with van der Waals surface area (Å²) in [4.78, 5) is 3.93. The summed E-state index contributed by atoms with van der Waals surface area (Å²) in [5.74, 6) is -0.867. The molecule has 2 aromatic carbocycles. The Morgan fingerprint density at radius 3 is 1.97 bits per heavy atom. The van der Waals surface area contributed by atoms with Gasteiger partial charge in [0.25, 0.3) is 0 Å². The van der Waals surface area contributed by atoms with Gasteiger partial charge in [0, 0.05) is 38.4 Å². The molecule has 0 spiro atoms. The fourth-order valence-corrected chi connectivity index (χ4v) is 3.53. The third-order valence-corrected chi connectivity index (χ3v) is 5.20. The Kier molecular flexibility index (Phi) is 7.23. The Balaban J connectivity index is 0.00000300. The number of piperazine rings is 1. The second-order valence-electron chi connectivity index (χ2n) is 8.37. The van der Waals surface area contributed by atoms with Gasteiger partial charge in [0.2, 0.25) is 0 Å². The van der Waals surface area contributed by atoms with Crippen LogP contribution in [0.4, 0.5) is 23.2 Å². The van der Waals surface area contributed by atoms with Crippen LogP contribution in [0, 0.1) is 5.82 Å². The Morgan fingerprint density at radius 1 is 0.862 bits per heavy atom. The zero-order chi connectivity index (χ0) is 20.5. The van der Waals surface area contributed by atoms with Crippen LogP contribution >= 0.6 is 12.4 Å². The van der Waals surface area contributed by atoms with Crippen LogP contribution in [0.3, 0.4) is 0 Å². The zero-order valence-corrected chi connectivity index (χ0v) is 17.7. The van der Waals surface area contributed by atoms with Crippen molar-refractivity contribution in [1.82, 2.24) is 4.90 Å². The lowest BCUT2D eigenvalue weighted by atomic mass is 9.87. The fourth-order valence-electron chi connectivity index (χ4n) is 3.53. The molecule has 1 saturated heterocycles. The standard InChI is InChI=1S/C22H26F4N2.ClH/c1-21(2,3)17-6-4-16(5-7-17)15-27-10-12-28(13-11-27)20-9-8-18(23)14-19(20)22(24,25)26;/h4-9,14H,10-13,15H2,1-3H3;1H. The van der Waals surface area contributed by atoms with Crippen molar-refractivity contribution >= 4 is 18.1 Å². The molecule has 0 N–H and O–H groups in total. The molecule has 29 heavy (non-hydrogen) atoms. The number of alkyl halides is 3. The highest BCUT2D eigenvalue weighted by Crippen LogP contribution is 2.37. The van der Waals surface area contributed by atoms with E-state index in [0.29, 0.717) is 32.2 Å². The summed E-state index contributed by atoms with van der Waals surface area (Å²) >= 11 is 0. The van der Waals surface area contributed by atoms with Crippen molar-refractivity contribution < 1.29 is 17.6 Å². The quantitative estimate of drug-likeness (QED) is 0.560. The molecule has 1 aliphatic rings. The summed E-state index contributed by atoms with van der Waals surface area (Å²) in [7, 11) is 0. The molecule has 7 heteroatoms. The number of anilines is 1. The number of hydrogen-bond acceptors (Lipinski definition) is 2. The highest BCUT2D eigenvalue weighted by atomic mass is 35.5. The van der Waals surface area contributed by atoms with E-state index in [4.69, 9.17) is 0 Å². The van der Waals surface area contributed by atoms with Crippen molar-refractivity contribution in [2.75, 3.05) is 31.1 Å². The predicted molar refractivity (Wildman–Crippen MR) is 111 cm³/mol. The maximum atomic E-state index is 13.3. The average molecular weight is 431 g/mol. The maximum Gasteiger partial charge on any atom is 0.418 e. The van der Waals surface area contributed by atoms with E-state index in [1.54, 1.807) is 4.90 Å². The largest absolute Gasteiger partial charge is 0.418 e. The lowest BCUT2D eigenvalue weighted by Crippen LogP contribution is -2.46. The highest BCUT2D eigenvalue weighted by Gasteiger charge is 2.36. The van der Waals surface area contributed by atoms with E-state index < -0.39 is 17.6 Å². The molecular weight excluding hydrogens is 404 g/mol. The van der Waals surface area contributed by atoms with Crippen LogP contribution in [0.5, 0.6) is 0 Å². The predicted octanol–water partition coefficient (Wildman–Crippen LogP) is 5.89. The molecule has 0 radical (unpaired) electrons. The molecule has 1 heterocycles. The molecule has 1 aliphatic heterocycles. The normalized spacial score (nSPS) is 15.9. The monoisotopic (exact) mass is 430 g/mol. The third-order valence-electron chi connectivity index (χ3n) is 5.20. The van der Waals surface area contributed by atoms with Gasteiger partial charge < -0.3 is 4.90 Å². The van der Waals surface area contributed by atoms with Gasteiger partial charge in [-0.15, -0.1) is 12.4 Å². The van der Waals surface area contributed by atoms with E-state index >= 15 is 0 Å². The lowest BCUT2D eigenvalue weighted by Gasteiger charge is -2.37. The second kappa shape index (κ2) is 8.92. The van der Waals surface area contributed by atoms with Crippen LogP contribution in [-0.4, -0.2) is 31.1 Å². The molecule has 160 valence electrons. The van der Waals surface area contributed by atoms with Gasteiger partial charge in [-0.25, -0.2) is 4.39 Å². The van der Waals surface area contributed by atoms with Gasteiger partial charge in [0.1, 0.15) is 5.82 Å². The Morgan fingerprint density at radius 2 is 1.45 bits per heavy atom. The molecule has 1 fully saturated rings. The van der Waals surface area contributed by atoms with Crippen LogP contribution in [0.25, 0.3) is 0 Å². The van der Waals surface area contributed by atoms with Gasteiger partial charge in [-0.1, -0.05) is 45.0 Å². The van der Waals surface area contributed by atoms with Gasteiger partial charge in [-0.2, -0.15) is 13.2 Å². The zero-order valence-electron chi connectivity index (χ0n) is 16.9. The van der Waals surface area contributed by atoms with Gasteiger partial charge >= 0.3 is 6.18 Å². The Hall–Kier alpha value is -1.79. The minimum absolute atomic E-state index is 0. The Bertz CT molecular complexity index is 805. The van der Waals surface area contributed by atoms with Crippen LogP contribution in [-0.2, 0) is 18.1 Å². The molecule has 0 aromatic heterocycles. The maximum absolute atomic E-state index is 13.3. The van der Waals surface area contributed by atoms with Crippen molar-refractivity contribution in [3.05, 3.63) is 65.0 Å². The van der Waals surface area contributed by atoms with Crippen LogP contribution < -0.4 is 4.90 Å². The van der Waals surface area contributed by atoms with Crippen molar-refractivity contribution in [2.24, 2.45) is 0 Å². The minimum atomic E-state index is -4.57. The van der Waals surface area contributed by atoms with E-state index in [9.17, 15) is 17.6 Å². The van der Waals surface area contributed by atoms with Gasteiger partial charge in [0.15, 0.2) is 0 Å². The van der Waals surface area contributed by atoms with Crippen molar-refractivity contribution in [3.63, 3.8) is 0 Å². The highest BCUT2D eigenvalue weighted by molar-refractivity contribution is 5.85. The summed E-state index contributed by atoms with van der Waals surface area (Å²) in [5, 5.41) is 0. The number of hydrogen-bond donors (Lipinski definition) is 0. The van der Waals surface area contributed by atoms with E-state index in [1.165, 1.54) is 17.2 Å². The van der Waals surface area contributed by atoms with E-state index in [1.807, 2.05) is 0 Å². The molecule has 2 aromatic rings. The SMILES string of the molecule is CC(C)(C)c1ccc(CN2CCN(c3ccc(F)cc3C(F)(F)F)CC2)cc1.Cl. The molecule has 2 nitrogen and oxygen atoms in total. The fraction of sp³-hybridized carbons (Fsp3) is 0.455. The third kappa shape index (κ3) is 5.86. The van der Waals surface area contributed by atoms with Gasteiger partial charge in [-0.3, -0.25) is 4.90 Å². The molecule has 0 saturated carbocycles. The number of benzene rings is 2. The van der Waals surface area contributed by atoms with E-state index in [-0.39, 0.29) is 23.5 Å². The topological polar surface area (TPSA) is 6.48 Å². The number of rotatable bonds is 3. The lowest BCUT2D eigenvalue weighted by molar-refractivity contribution is -0.137. The van der Waals surface area contributed by atoms with E-state index in [0.717, 1.165) is 12.6 Å². The van der Waals surface area contributed by atoms with Crippen molar-refractivity contribution in [2.45, 2.75) is 38.9 Å². The summed E-state index contributed by atoms with van der Waals surface area (Å²) < 4.78 is 53.1. The first kappa shape index (κ1) is 23.5. The summed E-state index contributed by atoms with van der Waals surface area (Å²) in [6.45, 7) is 9.58. The average Bonchev–Trinajstić information content (AvgIpc) is 2.61. The van der Waals surface area contributed by atoms with Crippen LogP contribution in [0.15, 0.2) is 42.5 Å². The number of halogens is 5. The summed E-state index contributed by atoms with van der Waals surface area (Å²) in [5.41, 5.74) is 1.73. The molecule has 0 aliphatic carbocycles. The molecular formula is C22H27ClF4N2. The van der Waals surface area contributed by atoms with Gasteiger partial charge in [-0.05, 0) is 34.7 Å². The van der Waals surface area contributed by atoms with Crippen molar-refractivity contribution in [3.8, 4) is 0 Å². The first-order valence-electron chi connectivity index (χ1n) is 9.47. The summed E-state index contributed by atoms with van der Waals surface area (Å²) in [6, 6.07) is 11.4. The molecule has 0 amide bonds. The molecule has 0 atom stereocenters.